The predicted molar refractivity (Wildman–Crippen MR) is 82.9 cm³/mol. The van der Waals surface area contributed by atoms with Crippen LogP contribution in [-0.2, 0) is 6.61 Å². The topological polar surface area (TPSA) is 38.5 Å². The Bertz CT molecular complexity index is 615. The molecular formula is C16H17ClN2O. The average Bonchev–Trinajstić information content (AvgIpc) is 2.62. The molecule has 4 heteroatoms. The third-order valence-electron chi connectivity index (χ3n) is 3.46. The van der Waals surface area contributed by atoms with Gasteiger partial charge in [0, 0.05) is 22.8 Å². The van der Waals surface area contributed by atoms with Crippen molar-refractivity contribution in [3.8, 4) is 5.75 Å². The molecule has 0 saturated carbocycles. The van der Waals surface area contributed by atoms with Gasteiger partial charge in [-0.3, -0.25) is 0 Å². The van der Waals surface area contributed by atoms with Gasteiger partial charge in [-0.15, -0.1) is 0 Å². The molecule has 1 heterocycles. The van der Waals surface area contributed by atoms with E-state index in [1.165, 1.54) is 0 Å². The first-order valence-electron chi connectivity index (χ1n) is 6.77. The van der Waals surface area contributed by atoms with Crippen molar-refractivity contribution in [2.75, 3.05) is 18.0 Å². The summed E-state index contributed by atoms with van der Waals surface area (Å²) in [6, 6.07) is 14.0. The van der Waals surface area contributed by atoms with Gasteiger partial charge in [-0.2, -0.15) is 0 Å². The number of nitrogens with zero attached hydrogens (tertiary/aromatic N) is 1. The lowest BCUT2D eigenvalue weighted by molar-refractivity contribution is 0.310. The van der Waals surface area contributed by atoms with Gasteiger partial charge in [0.05, 0.1) is 5.69 Å². The summed E-state index contributed by atoms with van der Waals surface area (Å²) in [6.45, 7) is 2.07. The largest absolute Gasteiger partial charge is 0.487 e. The van der Waals surface area contributed by atoms with Gasteiger partial charge >= 0.3 is 0 Å². The van der Waals surface area contributed by atoms with Gasteiger partial charge < -0.3 is 15.4 Å². The smallest absolute Gasteiger partial charge is 0.143 e. The minimum absolute atomic E-state index is 0.558. The maximum atomic E-state index is 6.16. The first kappa shape index (κ1) is 13.3. The molecule has 2 N–H and O–H groups in total. The standard InChI is InChI=1S/C16H17ClN2O/c17-13-7-6-12-11-20-16-5-2-1-4-14(16)19(9-3-8-18)15(12)10-13/h1-2,4-7,10H,3,8-9,11,18H2. The highest BCUT2D eigenvalue weighted by atomic mass is 35.5. The van der Waals surface area contributed by atoms with Gasteiger partial charge in [-0.25, -0.2) is 0 Å². The number of hydrogen-bond donors (Lipinski definition) is 1. The fraction of sp³-hybridized carbons (Fsp3) is 0.250. The summed E-state index contributed by atoms with van der Waals surface area (Å²) in [6.07, 6.45) is 0.917. The van der Waals surface area contributed by atoms with E-state index in [9.17, 15) is 0 Å². The third-order valence-corrected chi connectivity index (χ3v) is 3.70. The molecule has 0 aliphatic carbocycles. The summed E-state index contributed by atoms with van der Waals surface area (Å²) in [7, 11) is 0. The van der Waals surface area contributed by atoms with E-state index in [1.54, 1.807) is 0 Å². The zero-order valence-corrected chi connectivity index (χ0v) is 11.9. The third kappa shape index (κ3) is 2.47. The lowest BCUT2D eigenvalue weighted by Crippen LogP contribution is -2.21. The van der Waals surface area contributed by atoms with Gasteiger partial charge in [-0.1, -0.05) is 29.8 Å². The van der Waals surface area contributed by atoms with Crippen LogP contribution in [0.2, 0.25) is 5.02 Å². The van der Waals surface area contributed by atoms with Crippen molar-refractivity contribution < 1.29 is 4.74 Å². The van der Waals surface area contributed by atoms with E-state index >= 15 is 0 Å². The fourth-order valence-corrected chi connectivity index (χ4v) is 2.65. The molecule has 104 valence electrons. The van der Waals surface area contributed by atoms with Crippen LogP contribution in [0.5, 0.6) is 5.75 Å². The highest BCUT2D eigenvalue weighted by Crippen LogP contribution is 2.40. The van der Waals surface area contributed by atoms with Crippen molar-refractivity contribution in [2.24, 2.45) is 5.73 Å². The summed E-state index contributed by atoms with van der Waals surface area (Å²) in [5.74, 6) is 0.900. The molecule has 1 aliphatic heterocycles. The molecular weight excluding hydrogens is 272 g/mol. The SMILES string of the molecule is NCCCN1c2cc(Cl)ccc2COc2ccccc21. The number of fused-ring (bicyclic) bond motifs is 2. The Hall–Kier alpha value is -1.71. The Morgan fingerprint density at radius 2 is 2.00 bits per heavy atom. The van der Waals surface area contributed by atoms with Crippen LogP contribution < -0.4 is 15.4 Å². The molecule has 0 bridgehead atoms. The molecule has 0 radical (unpaired) electrons. The van der Waals surface area contributed by atoms with Gasteiger partial charge in [0.1, 0.15) is 12.4 Å². The fourth-order valence-electron chi connectivity index (χ4n) is 2.49. The number of rotatable bonds is 3. The maximum Gasteiger partial charge on any atom is 0.143 e. The molecule has 0 atom stereocenters. The van der Waals surface area contributed by atoms with Crippen LogP contribution >= 0.6 is 11.6 Å². The molecule has 0 aromatic heterocycles. The second-order valence-corrected chi connectivity index (χ2v) is 5.26. The number of para-hydroxylation sites is 2. The second kappa shape index (κ2) is 5.73. The predicted octanol–water partition coefficient (Wildman–Crippen LogP) is 3.72. The summed E-state index contributed by atoms with van der Waals surface area (Å²) < 4.78 is 5.91. The van der Waals surface area contributed by atoms with E-state index in [0.717, 1.165) is 40.7 Å². The van der Waals surface area contributed by atoms with E-state index in [4.69, 9.17) is 22.1 Å². The van der Waals surface area contributed by atoms with Crippen LogP contribution in [0.4, 0.5) is 11.4 Å². The van der Waals surface area contributed by atoms with Crippen molar-refractivity contribution >= 4 is 23.0 Å². The Morgan fingerprint density at radius 1 is 1.15 bits per heavy atom. The molecule has 1 aliphatic rings. The number of benzene rings is 2. The molecule has 0 unspecified atom stereocenters. The van der Waals surface area contributed by atoms with Gasteiger partial charge in [0.15, 0.2) is 0 Å². The van der Waals surface area contributed by atoms with Crippen molar-refractivity contribution in [3.63, 3.8) is 0 Å². The normalized spacial score (nSPS) is 13.2. The second-order valence-electron chi connectivity index (χ2n) is 4.82. The Labute approximate surface area is 123 Å². The Balaban J connectivity index is 2.10. The molecule has 0 saturated heterocycles. The molecule has 2 aromatic carbocycles. The van der Waals surface area contributed by atoms with Crippen molar-refractivity contribution in [3.05, 3.63) is 53.1 Å². The van der Waals surface area contributed by atoms with Crippen LogP contribution in [0.1, 0.15) is 12.0 Å². The van der Waals surface area contributed by atoms with Crippen LogP contribution in [0.25, 0.3) is 0 Å². The molecule has 2 aromatic rings. The number of ether oxygens (including phenoxy) is 1. The average molecular weight is 289 g/mol. The lowest BCUT2D eigenvalue weighted by Gasteiger charge is -2.25. The van der Waals surface area contributed by atoms with Gasteiger partial charge in [0.2, 0.25) is 0 Å². The summed E-state index contributed by atoms with van der Waals surface area (Å²) in [5.41, 5.74) is 8.99. The van der Waals surface area contributed by atoms with Gasteiger partial charge in [-0.05, 0) is 37.2 Å². The highest BCUT2D eigenvalue weighted by Gasteiger charge is 2.21. The van der Waals surface area contributed by atoms with Crippen molar-refractivity contribution in [2.45, 2.75) is 13.0 Å². The summed E-state index contributed by atoms with van der Waals surface area (Å²) in [4.78, 5) is 2.25. The number of anilines is 2. The molecule has 3 rings (SSSR count). The number of nitrogens with two attached hydrogens (primary N) is 1. The first-order valence-corrected chi connectivity index (χ1v) is 7.15. The molecule has 20 heavy (non-hydrogen) atoms. The van der Waals surface area contributed by atoms with Crippen LogP contribution in [0.3, 0.4) is 0 Å². The molecule has 0 spiro atoms. The van der Waals surface area contributed by atoms with Gasteiger partial charge in [0.25, 0.3) is 0 Å². The van der Waals surface area contributed by atoms with E-state index in [-0.39, 0.29) is 0 Å². The van der Waals surface area contributed by atoms with Crippen LogP contribution in [-0.4, -0.2) is 13.1 Å². The summed E-state index contributed by atoms with van der Waals surface area (Å²) >= 11 is 6.16. The zero-order valence-electron chi connectivity index (χ0n) is 11.2. The lowest BCUT2D eigenvalue weighted by atomic mass is 10.1. The van der Waals surface area contributed by atoms with E-state index < -0.39 is 0 Å². The van der Waals surface area contributed by atoms with Crippen LogP contribution in [0, 0.1) is 0 Å². The van der Waals surface area contributed by atoms with Crippen molar-refractivity contribution in [1.29, 1.82) is 0 Å². The van der Waals surface area contributed by atoms with E-state index in [1.807, 2.05) is 36.4 Å². The zero-order chi connectivity index (χ0) is 13.9. The highest BCUT2D eigenvalue weighted by molar-refractivity contribution is 6.30. The van der Waals surface area contributed by atoms with E-state index in [2.05, 4.69) is 11.0 Å². The first-order chi connectivity index (χ1) is 9.79. The Kier molecular flexibility index (Phi) is 3.81. The van der Waals surface area contributed by atoms with E-state index in [0.29, 0.717) is 13.2 Å². The molecule has 3 nitrogen and oxygen atoms in total. The number of halogens is 1. The molecule has 0 amide bonds. The minimum atomic E-state index is 0.558. The quantitative estimate of drug-likeness (QED) is 0.935. The number of hydrogen-bond acceptors (Lipinski definition) is 3. The minimum Gasteiger partial charge on any atom is -0.487 e. The van der Waals surface area contributed by atoms with Crippen molar-refractivity contribution in [1.82, 2.24) is 0 Å². The van der Waals surface area contributed by atoms with Crippen LogP contribution in [0.15, 0.2) is 42.5 Å². The summed E-state index contributed by atoms with van der Waals surface area (Å²) in [5, 5.41) is 0.737. The maximum absolute atomic E-state index is 6.16. The monoisotopic (exact) mass is 288 g/mol. The Morgan fingerprint density at radius 3 is 2.85 bits per heavy atom. The molecule has 0 fully saturated rings.